The molecule has 24 heavy (non-hydrogen) atoms. The monoisotopic (exact) mass is 345 g/mol. The van der Waals surface area contributed by atoms with Crippen molar-refractivity contribution in [1.82, 2.24) is 0 Å². The minimum Gasteiger partial charge on any atom is -0.506 e. The maximum Gasteiger partial charge on any atom is 0.258 e. The summed E-state index contributed by atoms with van der Waals surface area (Å²) in [5.41, 5.74) is 2.39. The number of anilines is 1. The van der Waals surface area contributed by atoms with Gasteiger partial charge < -0.3 is 14.7 Å². The molecule has 2 aromatic carbocycles. The van der Waals surface area contributed by atoms with Gasteiger partial charge in [0.1, 0.15) is 11.5 Å². The fraction of sp³-hybridized carbons (Fsp3) is 0.316. The second-order valence-electron chi connectivity index (χ2n) is 5.86. The Hall–Kier alpha value is -2.20. The quantitative estimate of drug-likeness (QED) is 0.816. The van der Waals surface area contributed by atoms with Crippen molar-refractivity contribution in [2.24, 2.45) is 0 Å². The number of phenolic OH excluding ortho intramolecular Hbond substituents is 1. The van der Waals surface area contributed by atoms with Gasteiger partial charge in [0, 0.05) is 17.8 Å². The first kappa shape index (κ1) is 16.7. The maximum absolute atomic E-state index is 12.8. The number of carbonyl (C=O) groups excluding carboxylic acids is 1. The molecule has 126 valence electrons. The molecule has 0 spiro atoms. The fourth-order valence-electron chi connectivity index (χ4n) is 2.80. The molecule has 0 aliphatic carbocycles. The van der Waals surface area contributed by atoms with Gasteiger partial charge in [0.05, 0.1) is 11.6 Å². The second kappa shape index (κ2) is 7.14. The van der Waals surface area contributed by atoms with Gasteiger partial charge in [-0.15, -0.1) is 0 Å². The number of fused-ring (bicyclic) bond motifs is 1. The van der Waals surface area contributed by atoms with Crippen molar-refractivity contribution in [3.8, 4) is 11.5 Å². The van der Waals surface area contributed by atoms with Crippen LogP contribution in [0.2, 0.25) is 5.02 Å². The molecule has 5 heteroatoms. The number of hydrogen-bond donors (Lipinski definition) is 1. The number of nitrogens with zero attached hydrogens (tertiary/aromatic N) is 1. The number of hydrogen-bond acceptors (Lipinski definition) is 3. The highest BCUT2D eigenvalue weighted by Crippen LogP contribution is 2.32. The van der Waals surface area contributed by atoms with Crippen LogP contribution in [0.15, 0.2) is 36.4 Å². The van der Waals surface area contributed by atoms with Gasteiger partial charge in [-0.1, -0.05) is 24.9 Å². The fourth-order valence-corrected chi connectivity index (χ4v) is 2.97. The summed E-state index contributed by atoms with van der Waals surface area (Å²) in [6.45, 7) is 3.39. The van der Waals surface area contributed by atoms with E-state index in [2.05, 4.69) is 6.92 Å². The molecule has 3 rings (SSSR count). The largest absolute Gasteiger partial charge is 0.506 e. The summed E-state index contributed by atoms with van der Waals surface area (Å²) in [5.74, 6) is 0.772. The lowest BCUT2D eigenvalue weighted by atomic mass is 9.98. The van der Waals surface area contributed by atoms with E-state index in [0.29, 0.717) is 24.4 Å². The Balaban J connectivity index is 1.81. The zero-order chi connectivity index (χ0) is 17.1. The molecule has 0 saturated carbocycles. The Morgan fingerprint density at radius 1 is 1.25 bits per heavy atom. The van der Waals surface area contributed by atoms with Gasteiger partial charge in [0.25, 0.3) is 5.91 Å². The number of unbranched alkanes of at least 4 members (excludes halogenated alkanes) is 1. The molecule has 0 atom stereocenters. The predicted octanol–water partition coefficient (Wildman–Crippen LogP) is 4.43. The standard InChI is InChI=1S/C19H20ClNO3/c1-2-3-10-24-15-5-6-16-13(11-15)8-9-21(19(16)23)14-4-7-18(22)17(20)12-14/h4-7,11-12,22H,2-3,8-10H2,1H3. The Morgan fingerprint density at radius 3 is 2.83 bits per heavy atom. The lowest BCUT2D eigenvalue weighted by molar-refractivity contribution is 0.0980. The van der Waals surface area contributed by atoms with Crippen molar-refractivity contribution in [3.63, 3.8) is 0 Å². The topological polar surface area (TPSA) is 49.8 Å². The van der Waals surface area contributed by atoms with Crippen LogP contribution in [-0.4, -0.2) is 24.2 Å². The van der Waals surface area contributed by atoms with E-state index in [1.54, 1.807) is 17.0 Å². The van der Waals surface area contributed by atoms with E-state index in [1.807, 2.05) is 18.2 Å². The molecule has 1 amide bonds. The summed E-state index contributed by atoms with van der Waals surface area (Å²) in [6, 6.07) is 10.5. The Labute approximate surface area is 146 Å². The first-order valence-electron chi connectivity index (χ1n) is 8.16. The Kier molecular flexibility index (Phi) is 4.95. The summed E-state index contributed by atoms with van der Waals surface area (Å²) in [5, 5.41) is 9.78. The first-order chi connectivity index (χ1) is 11.6. The molecular formula is C19H20ClNO3. The predicted molar refractivity (Wildman–Crippen MR) is 95.3 cm³/mol. The molecule has 0 unspecified atom stereocenters. The van der Waals surface area contributed by atoms with E-state index >= 15 is 0 Å². The Morgan fingerprint density at radius 2 is 2.08 bits per heavy atom. The van der Waals surface area contributed by atoms with Crippen molar-refractivity contribution < 1.29 is 14.6 Å². The summed E-state index contributed by atoms with van der Waals surface area (Å²) < 4.78 is 5.72. The smallest absolute Gasteiger partial charge is 0.258 e. The third-order valence-corrected chi connectivity index (χ3v) is 4.47. The summed E-state index contributed by atoms with van der Waals surface area (Å²) >= 11 is 5.96. The summed E-state index contributed by atoms with van der Waals surface area (Å²) in [6.07, 6.45) is 2.86. The van der Waals surface area contributed by atoms with E-state index in [0.717, 1.165) is 30.6 Å². The number of rotatable bonds is 5. The zero-order valence-electron chi connectivity index (χ0n) is 13.6. The first-order valence-corrected chi connectivity index (χ1v) is 8.54. The van der Waals surface area contributed by atoms with Crippen molar-refractivity contribution in [1.29, 1.82) is 0 Å². The van der Waals surface area contributed by atoms with Gasteiger partial charge in [0.2, 0.25) is 0 Å². The molecular weight excluding hydrogens is 326 g/mol. The number of aromatic hydroxyl groups is 1. The number of phenols is 1. The molecule has 0 saturated heterocycles. The number of ether oxygens (including phenoxy) is 1. The number of carbonyl (C=O) groups is 1. The van der Waals surface area contributed by atoms with Gasteiger partial charge >= 0.3 is 0 Å². The summed E-state index contributed by atoms with van der Waals surface area (Å²) in [4.78, 5) is 14.5. The van der Waals surface area contributed by atoms with E-state index in [4.69, 9.17) is 16.3 Å². The Bertz CT molecular complexity index is 760. The third kappa shape index (κ3) is 3.34. The van der Waals surface area contributed by atoms with Gasteiger partial charge in [-0.25, -0.2) is 0 Å². The second-order valence-corrected chi connectivity index (χ2v) is 6.27. The SMILES string of the molecule is CCCCOc1ccc2c(c1)CCN(c1ccc(O)c(Cl)c1)C2=O. The average molecular weight is 346 g/mol. The van der Waals surface area contributed by atoms with Crippen LogP contribution >= 0.6 is 11.6 Å². The zero-order valence-corrected chi connectivity index (χ0v) is 14.3. The van der Waals surface area contributed by atoms with Crippen LogP contribution < -0.4 is 9.64 Å². The number of benzene rings is 2. The summed E-state index contributed by atoms with van der Waals surface area (Å²) in [7, 11) is 0. The van der Waals surface area contributed by atoms with Crippen molar-refractivity contribution in [2.75, 3.05) is 18.1 Å². The number of amides is 1. The average Bonchev–Trinajstić information content (AvgIpc) is 2.58. The van der Waals surface area contributed by atoms with Crippen LogP contribution in [0, 0.1) is 0 Å². The van der Waals surface area contributed by atoms with Gasteiger partial charge in [-0.3, -0.25) is 4.79 Å². The van der Waals surface area contributed by atoms with Gasteiger partial charge in [0.15, 0.2) is 0 Å². The van der Waals surface area contributed by atoms with E-state index in [9.17, 15) is 9.90 Å². The van der Waals surface area contributed by atoms with Crippen LogP contribution in [0.1, 0.15) is 35.7 Å². The van der Waals surface area contributed by atoms with Crippen LogP contribution in [0.5, 0.6) is 11.5 Å². The van der Waals surface area contributed by atoms with Gasteiger partial charge in [-0.2, -0.15) is 0 Å². The van der Waals surface area contributed by atoms with E-state index in [1.165, 1.54) is 6.07 Å². The van der Waals surface area contributed by atoms with Gasteiger partial charge in [-0.05, 0) is 54.8 Å². The molecule has 4 nitrogen and oxygen atoms in total. The third-order valence-electron chi connectivity index (χ3n) is 4.17. The van der Waals surface area contributed by atoms with Crippen LogP contribution in [0.4, 0.5) is 5.69 Å². The molecule has 0 bridgehead atoms. The molecule has 0 radical (unpaired) electrons. The molecule has 2 aromatic rings. The van der Waals surface area contributed by atoms with Crippen LogP contribution in [0.3, 0.4) is 0 Å². The molecule has 1 heterocycles. The van der Waals surface area contributed by atoms with Crippen LogP contribution in [-0.2, 0) is 6.42 Å². The molecule has 1 N–H and O–H groups in total. The van der Waals surface area contributed by atoms with Crippen LogP contribution in [0.25, 0.3) is 0 Å². The highest BCUT2D eigenvalue weighted by Gasteiger charge is 2.26. The highest BCUT2D eigenvalue weighted by atomic mass is 35.5. The lowest BCUT2D eigenvalue weighted by Crippen LogP contribution is -2.37. The van der Waals surface area contributed by atoms with E-state index in [-0.39, 0.29) is 16.7 Å². The van der Waals surface area contributed by atoms with Crippen molar-refractivity contribution in [2.45, 2.75) is 26.2 Å². The van der Waals surface area contributed by atoms with Crippen molar-refractivity contribution in [3.05, 3.63) is 52.5 Å². The van der Waals surface area contributed by atoms with Crippen molar-refractivity contribution >= 4 is 23.2 Å². The normalized spacial score (nSPS) is 13.8. The molecule has 1 aliphatic rings. The highest BCUT2D eigenvalue weighted by molar-refractivity contribution is 6.32. The molecule has 1 aliphatic heterocycles. The molecule has 0 fully saturated rings. The lowest BCUT2D eigenvalue weighted by Gasteiger charge is -2.29. The van der Waals surface area contributed by atoms with E-state index < -0.39 is 0 Å². The molecule has 0 aromatic heterocycles. The maximum atomic E-state index is 12.8. The number of halogens is 1. The minimum absolute atomic E-state index is 0.0131. The minimum atomic E-state index is -0.0573.